The van der Waals surface area contributed by atoms with Crippen molar-refractivity contribution in [3.05, 3.63) is 35.9 Å². The fraction of sp³-hybridized carbons (Fsp3) is 0.533. The molecule has 0 N–H and O–H groups in total. The van der Waals surface area contributed by atoms with Gasteiger partial charge in [0.15, 0.2) is 0 Å². The van der Waals surface area contributed by atoms with Gasteiger partial charge in [-0.1, -0.05) is 49.0 Å². The van der Waals surface area contributed by atoms with Crippen LogP contribution in [0.3, 0.4) is 0 Å². The normalized spacial score (nSPS) is 19.8. The molecule has 0 bridgehead atoms. The maximum Gasteiger partial charge on any atom is 0.209 e. The van der Waals surface area contributed by atoms with E-state index in [2.05, 4.69) is 46.7 Å². The van der Waals surface area contributed by atoms with Crippen molar-refractivity contribution in [3.63, 3.8) is 0 Å². The third-order valence-corrected chi connectivity index (χ3v) is 5.08. The van der Waals surface area contributed by atoms with Gasteiger partial charge in [0.2, 0.25) is 5.16 Å². The maximum absolute atomic E-state index is 5.67. The molecule has 1 fully saturated rings. The van der Waals surface area contributed by atoms with Crippen molar-refractivity contribution in [2.75, 3.05) is 6.61 Å². The van der Waals surface area contributed by atoms with Gasteiger partial charge in [-0.2, -0.15) is 0 Å². The molecule has 0 saturated carbocycles. The molecule has 0 radical (unpaired) electrons. The fourth-order valence-electron chi connectivity index (χ4n) is 2.56. The van der Waals surface area contributed by atoms with Crippen molar-refractivity contribution in [1.82, 2.24) is 20.2 Å². The highest BCUT2D eigenvalue weighted by atomic mass is 32.2. The minimum atomic E-state index is 0.254. The minimum Gasteiger partial charge on any atom is -0.376 e. The molecular weight excluding hydrogens is 284 g/mol. The second kappa shape index (κ2) is 7.04. The lowest BCUT2D eigenvalue weighted by molar-refractivity contribution is 0.0911. The van der Waals surface area contributed by atoms with Crippen molar-refractivity contribution in [1.29, 1.82) is 0 Å². The lowest BCUT2D eigenvalue weighted by Gasteiger charge is -2.15. The van der Waals surface area contributed by atoms with Gasteiger partial charge in [-0.3, -0.25) is 0 Å². The summed E-state index contributed by atoms with van der Waals surface area (Å²) in [6.45, 7) is 3.80. The first-order valence-corrected chi connectivity index (χ1v) is 8.34. The number of nitrogens with zero attached hydrogens (tertiary/aromatic N) is 4. The van der Waals surface area contributed by atoms with Crippen LogP contribution in [-0.4, -0.2) is 32.9 Å². The maximum atomic E-state index is 5.67. The van der Waals surface area contributed by atoms with Crippen LogP contribution in [-0.2, 0) is 11.3 Å². The van der Waals surface area contributed by atoms with E-state index >= 15 is 0 Å². The zero-order valence-corrected chi connectivity index (χ0v) is 13.0. The molecule has 0 amide bonds. The summed E-state index contributed by atoms with van der Waals surface area (Å²) in [4.78, 5) is 0. The standard InChI is InChI=1S/C15H20N4OS/c1-2-14(12-7-4-3-5-8-12)21-15-16-17-18-19(15)11-13-9-6-10-20-13/h3-5,7-8,13-14H,2,6,9-11H2,1H3/t13-,14-/m1/s1. The molecule has 1 aromatic heterocycles. The lowest BCUT2D eigenvalue weighted by atomic mass is 10.1. The van der Waals surface area contributed by atoms with Crippen LogP contribution in [0.2, 0.25) is 0 Å². The Morgan fingerprint density at radius 1 is 1.38 bits per heavy atom. The molecule has 0 unspecified atom stereocenters. The number of thioether (sulfide) groups is 1. The summed E-state index contributed by atoms with van der Waals surface area (Å²) in [5, 5.41) is 13.4. The average molecular weight is 304 g/mol. The Morgan fingerprint density at radius 2 is 2.24 bits per heavy atom. The van der Waals surface area contributed by atoms with Gasteiger partial charge in [0.1, 0.15) is 0 Å². The highest BCUT2D eigenvalue weighted by Gasteiger charge is 2.21. The molecule has 2 atom stereocenters. The van der Waals surface area contributed by atoms with Gasteiger partial charge in [0, 0.05) is 11.9 Å². The van der Waals surface area contributed by atoms with Gasteiger partial charge in [-0.25, -0.2) is 4.68 Å². The molecule has 5 nitrogen and oxygen atoms in total. The van der Waals surface area contributed by atoms with E-state index in [0.29, 0.717) is 5.25 Å². The molecule has 0 spiro atoms. The summed E-state index contributed by atoms with van der Waals surface area (Å²) >= 11 is 1.73. The number of hydrogen-bond acceptors (Lipinski definition) is 5. The Balaban J connectivity index is 1.70. The van der Waals surface area contributed by atoms with Gasteiger partial charge in [-0.15, -0.1) is 5.10 Å². The minimum absolute atomic E-state index is 0.254. The Bertz CT molecular complexity index is 554. The monoisotopic (exact) mass is 304 g/mol. The molecule has 0 aliphatic carbocycles. The highest BCUT2D eigenvalue weighted by molar-refractivity contribution is 7.99. The van der Waals surface area contributed by atoms with Crippen molar-refractivity contribution in [3.8, 4) is 0 Å². The first-order chi connectivity index (χ1) is 10.4. The largest absolute Gasteiger partial charge is 0.376 e. The molecule has 1 aromatic carbocycles. The highest BCUT2D eigenvalue weighted by Crippen LogP contribution is 2.36. The number of benzene rings is 1. The van der Waals surface area contributed by atoms with Gasteiger partial charge in [0.25, 0.3) is 0 Å². The predicted octanol–water partition coefficient (Wildman–Crippen LogP) is 3.10. The summed E-state index contributed by atoms with van der Waals surface area (Å²) in [6.07, 6.45) is 3.53. The topological polar surface area (TPSA) is 52.8 Å². The van der Waals surface area contributed by atoms with Crippen LogP contribution in [0.1, 0.15) is 37.0 Å². The van der Waals surface area contributed by atoms with Crippen LogP contribution in [0, 0.1) is 0 Å². The van der Waals surface area contributed by atoms with Crippen molar-refractivity contribution in [2.45, 2.75) is 49.2 Å². The van der Waals surface area contributed by atoms with Crippen LogP contribution >= 0.6 is 11.8 Å². The number of ether oxygens (including phenoxy) is 1. The molecule has 112 valence electrons. The third kappa shape index (κ3) is 3.63. The molecule has 2 aromatic rings. The summed E-state index contributed by atoms with van der Waals surface area (Å²) < 4.78 is 7.55. The second-order valence-corrected chi connectivity index (χ2v) is 6.37. The quantitative estimate of drug-likeness (QED) is 0.768. The Kier molecular flexibility index (Phi) is 4.87. The van der Waals surface area contributed by atoms with E-state index in [4.69, 9.17) is 4.74 Å². The number of aromatic nitrogens is 4. The first-order valence-electron chi connectivity index (χ1n) is 7.46. The van der Waals surface area contributed by atoms with E-state index in [9.17, 15) is 0 Å². The van der Waals surface area contributed by atoms with Gasteiger partial charge < -0.3 is 4.74 Å². The Labute approximate surface area is 129 Å². The summed E-state index contributed by atoms with van der Waals surface area (Å²) in [5.74, 6) is 0. The predicted molar refractivity (Wildman–Crippen MR) is 82.1 cm³/mol. The van der Waals surface area contributed by atoms with E-state index in [1.54, 1.807) is 11.8 Å². The molecule has 21 heavy (non-hydrogen) atoms. The zero-order chi connectivity index (χ0) is 14.5. The third-order valence-electron chi connectivity index (χ3n) is 3.69. The lowest BCUT2D eigenvalue weighted by Crippen LogP contribution is -2.17. The van der Waals surface area contributed by atoms with Crippen LogP contribution < -0.4 is 0 Å². The summed E-state index contributed by atoms with van der Waals surface area (Å²) in [7, 11) is 0. The van der Waals surface area contributed by atoms with E-state index in [0.717, 1.165) is 37.6 Å². The van der Waals surface area contributed by atoms with Crippen molar-refractivity contribution >= 4 is 11.8 Å². The van der Waals surface area contributed by atoms with E-state index in [-0.39, 0.29) is 6.10 Å². The van der Waals surface area contributed by atoms with Gasteiger partial charge in [-0.05, 0) is 35.3 Å². The Hall–Kier alpha value is -1.40. The fourth-order valence-corrected chi connectivity index (χ4v) is 3.59. The zero-order valence-electron chi connectivity index (χ0n) is 12.2. The SMILES string of the molecule is CC[C@@H](Sc1nnnn1C[C@H]1CCCO1)c1ccccc1. The van der Waals surface area contributed by atoms with E-state index < -0.39 is 0 Å². The Morgan fingerprint density at radius 3 is 2.95 bits per heavy atom. The number of hydrogen-bond donors (Lipinski definition) is 0. The molecule has 1 aliphatic heterocycles. The summed E-state index contributed by atoms with van der Waals surface area (Å²) in [6, 6.07) is 10.5. The van der Waals surface area contributed by atoms with Crippen LogP contribution in [0.5, 0.6) is 0 Å². The average Bonchev–Trinajstić information content (AvgIpc) is 3.18. The van der Waals surface area contributed by atoms with E-state index in [1.807, 2.05) is 10.7 Å². The number of rotatable bonds is 6. The van der Waals surface area contributed by atoms with E-state index in [1.165, 1.54) is 5.56 Å². The number of tetrazole rings is 1. The van der Waals surface area contributed by atoms with Crippen molar-refractivity contribution < 1.29 is 4.74 Å². The first kappa shape index (κ1) is 14.5. The molecule has 3 rings (SSSR count). The molecule has 6 heteroatoms. The van der Waals surface area contributed by atoms with Crippen LogP contribution in [0.15, 0.2) is 35.5 Å². The molecular formula is C15H20N4OS. The molecule has 1 saturated heterocycles. The smallest absolute Gasteiger partial charge is 0.209 e. The van der Waals surface area contributed by atoms with Gasteiger partial charge in [0.05, 0.1) is 12.6 Å². The molecule has 1 aliphatic rings. The van der Waals surface area contributed by atoms with Crippen molar-refractivity contribution in [2.24, 2.45) is 0 Å². The van der Waals surface area contributed by atoms with Crippen LogP contribution in [0.25, 0.3) is 0 Å². The summed E-state index contributed by atoms with van der Waals surface area (Å²) in [5.41, 5.74) is 1.32. The second-order valence-electron chi connectivity index (χ2n) is 5.20. The van der Waals surface area contributed by atoms with Crippen LogP contribution in [0.4, 0.5) is 0 Å². The molecule has 2 heterocycles. The van der Waals surface area contributed by atoms with Gasteiger partial charge >= 0.3 is 0 Å².